The molecule has 0 saturated heterocycles. The van der Waals surface area contributed by atoms with Crippen LogP contribution in [-0.4, -0.2) is 32.7 Å². The van der Waals surface area contributed by atoms with Crippen molar-refractivity contribution in [3.63, 3.8) is 0 Å². The van der Waals surface area contributed by atoms with Crippen molar-refractivity contribution < 1.29 is 21.6 Å². The Bertz CT molecular complexity index is 602. The van der Waals surface area contributed by atoms with Gasteiger partial charge in [-0.1, -0.05) is 11.8 Å². The molecule has 1 aromatic rings. The van der Waals surface area contributed by atoms with Crippen LogP contribution in [0.3, 0.4) is 0 Å². The Morgan fingerprint density at radius 1 is 1.37 bits per heavy atom. The summed E-state index contributed by atoms with van der Waals surface area (Å²) in [6.07, 6.45) is -2.41. The van der Waals surface area contributed by atoms with Crippen LogP contribution in [0.5, 0.6) is 0 Å². The van der Waals surface area contributed by atoms with Gasteiger partial charge in [0.2, 0.25) is 10.0 Å². The quantitative estimate of drug-likeness (QED) is 0.781. The van der Waals surface area contributed by atoms with Crippen molar-refractivity contribution >= 4 is 10.0 Å². The van der Waals surface area contributed by atoms with Gasteiger partial charge in [0, 0.05) is 18.0 Å². The van der Waals surface area contributed by atoms with E-state index in [2.05, 4.69) is 16.8 Å². The third kappa shape index (κ3) is 5.25. The van der Waals surface area contributed by atoms with Crippen LogP contribution in [0.2, 0.25) is 0 Å². The SMILES string of the molecule is NCC#Cc1cncc(S(=O)(=O)NCC(F)(F)F)c1. The fourth-order valence-corrected chi connectivity index (χ4v) is 2.05. The third-order valence-corrected chi connectivity index (χ3v) is 3.19. The van der Waals surface area contributed by atoms with E-state index in [0.29, 0.717) is 0 Å². The molecule has 0 saturated carbocycles. The van der Waals surface area contributed by atoms with E-state index in [0.717, 1.165) is 12.3 Å². The van der Waals surface area contributed by atoms with Crippen molar-refractivity contribution in [1.29, 1.82) is 0 Å². The van der Waals surface area contributed by atoms with E-state index in [1.165, 1.54) is 10.9 Å². The van der Waals surface area contributed by atoms with Gasteiger partial charge in [-0.2, -0.15) is 13.2 Å². The monoisotopic (exact) mass is 293 g/mol. The van der Waals surface area contributed by atoms with E-state index in [4.69, 9.17) is 5.73 Å². The molecule has 0 unspecified atom stereocenters. The molecule has 0 aliphatic rings. The summed E-state index contributed by atoms with van der Waals surface area (Å²) in [5, 5.41) is 0. The van der Waals surface area contributed by atoms with Gasteiger partial charge in [-0.05, 0) is 6.07 Å². The second-order valence-electron chi connectivity index (χ2n) is 3.35. The van der Waals surface area contributed by atoms with E-state index >= 15 is 0 Å². The number of nitrogens with two attached hydrogens (primary N) is 1. The van der Waals surface area contributed by atoms with Gasteiger partial charge in [-0.25, -0.2) is 13.1 Å². The number of rotatable bonds is 3. The van der Waals surface area contributed by atoms with Crippen LogP contribution < -0.4 is 10.5 Å². The highest BCUT2D eigenvalue weighted by Gasteiger charge is 2.30. The molecule has 0 amide bonds. The van der Waals surface area contributed by atoms with Gasteiger partial charge in [0.25, 0.3) is 0 Å². The molecule has 0 atom stereocenters. The Morgan fingerprint density at radius 3 is 2.63 bits per heavy atom. The molecular weight excluding hydrogens is 283 g/mol. The summed E-state index contributed by atoms with van der Waals surface area (Å²) in [6, 6.07) is 1.12. The minimum absolute atomic E-state index is 0.0727. The highest BCUT2D eigenvalue weighted by Crippen LogP contribution is 2.15. The molecule has 19 heavy (non-hydrogen) atoms. The second kappa shape index (κ2) is 6.01. The number of aromatic nitrogens is 1. The zero-order valence-electron chi connectivity index (χ0n) is 9.53. The average molecular weight is 293 g/mol. The lowest BCUT2D eigenvalue weighted by Gasteiger charge is -2.09. The van der Waals surface area contributed by atoms with E-state index in [9.17, 15) is 21.6 Å². The summed E-state index contributed by atoms with van der Waals surface area (Å²) in [4.78, 5) is 3.22. The van der Waals surface area contributed by atoms with Crippen molar-refractivity contribution in [3.8, 4) is 11.8 Å². The Balaban J connectivity index is 2.96. The van der Waals surface area contributed by atoms with Crippen molar-refractivity contribution in [2.45, 2.75) is 11.1 Å². The summed E-state index contributed by atoms with van der Waals surface area (Å²) in [6.45, 7) is -1.57. The molecule has 0 fully saturated rings. The van der Waals surface area contributed by atoms with Crippen LogP contribution in [-0.2, 0) is 10.0 Å². The van der Waals surface area contributed by atoms with E-state index in [1.54, 1.807) is 0 Å². The van der Waals surface area contributed by atoms with Crippen molar-refractivity contribution in [2.24, 2.45) is 5.73 Å². The van der Waals surface area contributed by atoms with Crippen molar-refractivity contribution in [1.82, 2.24) is 9.71 Å². The standard InChI is InChI=1S/C10H10F3N3O2S/c11-10(12,13)7-16-19(17,18)9-4-8(2-1-3-14)5-15-6-9/h4-6,16H,3,7,14H2. The number of halogens is 3. The first kappa shape index (κ1) is 15.4. The normalized spacial score (nSPS) is 11.8. The topological polar surface area (TPSA) is 85.1 Å². The van der Waals surface area contributed by atoms with Crippen LogP contribution in [0, 0.1) is 11.8 Å². The maximum Gasteiger partial charge on any atom is 0.402 e. The number of nitrogens with one attached hydrogen (secondary N) is 1. The lowest BCUT2D eigenvalue weighted by atomic mass is 10.3. The fraction of sp³-hybridized carbons (Fsp3) is 0.300. The van der Waals surface area contributed by atoms with E-state index < -0.39 is 22.7 Å². The number of pyridine rings is 1. The minimum Gasteiger partial charge on any atom is -0.320 e. The molecule has 0 bridgehead atoms. The number of sulfonamides is 1. The van der Waals surface area contributed by atoms with Crippen LogP contribution in [0.4, 0.5) is 13.2 Å². The Labute approximate surface area is 108 Å². The number of hydrogen-bond acceptors (Lipinski definition) is 4. The van der Waals surface area contributed by atoms with Crippen LogP contribution in [0.1, 0.15) is 5.56 Å². The predicted molar refractivity (Wildman–Crippen MR) is 61.4 cm³/mol. The van der Waals surface area contributed by atoms with E-state index in [-0.39, 0.29) is 17.0 Å². The third-order valence-electron chi connectivity index (χ3n) is 1.82. The highest BCUT2D eigenvalue weighted by molar-refractivity contribution is 7.89. The Kier molecular flexibility index (Phi) is 4.88. The zero-order chi connectivity index (χ0) is 14.5. The molecule has 104 valence electrons. The predicted octanol–water partition coefficient (Wildman–Crippen LogP) is 0.232. The summed E-state index contributed by atoms with van der Waals surface area (Å²) in [5.74, 6) is 5.02. The first-order chi connectivity index (χ1) is 8.74. The van der Waals surface area contributed by atoms with Crippen LogP contribution >= 0.6 is 0 Å². The molecule has 1 heterocycles. The molecular formula is C10H10F3N3O2S. The first-order valence-corrected chi connectivity index (χ1v) is 6.43. The lowest BCUT2D eigenvalue weighted by molar-refractivity contribution is -0.121. The summed E-state index contributed by atoms with van der Waals surface area (Å²) >= 11 is 0. The molecule has 1 rings (SSSR count). The van der Waals surface area contributed by atoms with Gasteiger partial charge < -0.3 is 5.73 Å². The molecule has 1 aromatic heterocycles. The molecule has 0 aromatic carbocycles. The van der Waals surface area contributed by atoms with Gasteiger partial charge in [0.05, 0.1) is 6.54 Å². The van der Waals surface area contributed by atoms with Crippen molar-refractivity contribution in [2.75, 3.05) is 13.1 Å². The Hall–Kier alpha value is -1.63. The molecule has 0 aliphatic carbocycles. The lowest BCUT2D eigenvalue weighted by Crippen LogP contribution is -2.33. The second-order valence-corrected chi connectivity index (χ2v) is 5.12. The van der Waals surface area contributed by atoms with Gasteiger partial charge in [0.15, 0.2) is 0 Å². The zero-order valence-corrected chi connectivity index (χ0v) is 10.3. The molecule has 0 radical (unpaired) electrons. The minimum atomic E-state index is -4.63. The van der Waals surface area contributed by atoms with Crippen LogP contribution in [0.25, 0.3) is 0 Å². The smallest absolute Gasteiger partial charge is 0.320 e. The highest BCUT2D eigenvalue weighted by atomic mass is 32.2. The summed E-state index contributed by atoms with van der Waals surface area (Å²) < 4.78 is 60.5. The Morgan fingerprint density at radius 2 is 2.05 bits per heavy atom. The summed E-state index contributed by atoms with van der Waals surface area (Å²) in [7, 11) is -4.27. The summed E-state index contributed by atoms with van der Waals surface area (Å²) in [5.41, 5.74) is 5.40. The molecule has 0 spiro atoms. The largest absolute Gasteiger partial charge is 0.402 e. The maximum absolute atomic E-state index is 12.0. The molecule has 0 aliphatic heterocycles. The maximum atomic E-state index is 12.0. The van der Waals surface area contributed by atoms with Gasteiger partial charge in [-0.3, -0.25) is 4.98 Å². The molecule has 3 N–H and O–H groups in total. The van der Waals surface area contributed by atoms with E-state index in [1.807, 2.05) is 0 Å². The molecule has 9 heteroatoms. The number of alkyl halides is 3. The number of hydrogen-bond donors (Lipinski definition) is 2. The molecule has 5 nitrogen and oxygen atoms in total. The first-order valence-electron chi connectivity index (χ1n) is 4.95. The van der Waals surface area contributed by atoms with Crippen LogP contribution in [0.15, 0.2) is 23.4 Å². The van der Waals surface area contributed by atoms with Crippen molar-refractivity contribution in [3.05, 3.63) is 24.0 Å². The average Bonchev–Trinajstić information content (AvgIpc) is 2.34. The van der Waals surface area contributed by atoms with Gasteiger partial charge in [-0.15, -0.1) is 0 Å². The van der Waals surface area contributed by atoms with Gasteiger partial charge in [0.1, 0.15) is 11.4 Å². The fourth-order valence-electron chi connectivity index (χ4n) is 1.05. The van der Waals surface area contributed by atoms with Gasteiger partial charge >= 0.3 is 6.18 Å². The number of nitrogens with zero attached hydrogens (tertiary/aromatic N) is 1.